The van der Waals surface area contributed by atoms with Crippen molar-refractivity contribution in [1.82, 2.24) is 15.2 Å². The fourth-order valence-corrected chi connectivity index (χ4v) is 3.55. The number of ether oxygens (including phenoxy) is 1. The maximum atomic E-state index is 12.4. The number of nitriles is 1. The number of rotatable bonds is 3. The number of fused-ring (bicyclic) bond motifs is 1. The molecule has 1 amide bonds. The Hall–Kier alpha value is -2.79. The summed E-state index contributed by atoms with van der Waals surface area (Å²) in [5, 5.41) is 13.9. The second-order valence-corrected chi connectivity index (χ2v) is 7.45. The number of carbonyl (C=O) groups is 1. The van der Waals surface area contributed by atoms with Gasteiger partial charge in [-0.1, -0.05) is 0 Å². The quantitative estimate of drug-likeness (QED) is 0.694. The number of carbonyl (C=O) groups excluding carboxylic acids is 1. The van der Waals surface area contributed by atoms with Crippen molar-refractivity contribution in [2.75, 3.05) is 39.2 Å². The molecule has 0 aliphatic carbocycles. The van der Waals surface area contributed by atoms with Gasteiger partial charge in [-0.3, -0.25) is 9.59 Å². The highest BCUT2D eigenvalue weighted by atomic mass is 16.5. The van der Waals surface area contributed by atoms with Crippen LogP contribution in [0.25, 0.3) is 12.3 Å². The van der Waals surface area contributed by atoms with Crippen LogP contribution in [0.1, 0.15) is 25.3 Å². The molecule has 0 aromatic carbocycles. The van der Waals surface area contributed by atoms with Gasteiger partial charge in [0.15, 0.2) is 0 Å². The Labute approximate surface area is 157 Å². The lowest BCUT2D eigenvalue weighted by atomic mass is 9.92. The minimum atomic E-state index is -0.544. The zero-order valence-corrected chi connectivity index (χ0v) is 16.1. The lowest BCUT2D eigenvalue weighted by Crippen LogP contribution is -2.53. The number of anilines is 1. The SMILES string of the molecule is COC1(C)CCN(c2c(C#N)c(=O)[nH]c3c2=CC(C(=O)N(C)C)NC=3)CC1. The van der Waals surface area contributed by atoms with Gasteiger partial charge in [0.1, 0.15) is 17.7 Å². The second-order valence-electron chi connectivity index (χ2n) is 7.45. The van der Waals surface area contributed by atoms with E-state index in [1.54, 1.807) is 33.5 Å². The van der Waals surface area contributed by atoms with E-state index in [0.29, 0.717) is 29.3 Å². The molecule has 1 unspecified atom stereocenters. The third-order valence-corrected chi connectivity index (χ3v) is 5.45. The molecule has 27 heavy (non-hydrogen) atoms. The largest absolute Gasteiger partial charge is 0.378 e. The summed E-state index contributed by atoms with van der Waals surface area (Å²) in [7, 11) is 5.09. The van der Waals surface area contributed by atoms with Gasteiger partial charge in [0.05, 0.1) is 16.6 Å². The van der Waals surface area contributed by atoms with Crippen molar-refractivity contribution in [3.05, 3.63) is 26.5 Å². The van der Waals surface area contributed by atoms with E-state index in [4.69, 9.17) is 4.74 Å². The highest BCUT2D eigenvalue weighted by Gasteiger charge is 2.32. The third kappa shape index (κ3) is 3.43. The summed E-state index contributed by atoms with van der Waals surface area (Å²) in [6.45, 7) is 3.41. The van der Waals surface area contributed by atoms with Gasteiger partial charge in [0, 0.05) is 45.7 Å². The van der Waals surface area contributed by atoms with Crippen LogP contribution < -0.4 is 26.3 Å². The van der Waals surface area contributed by atoms with Crippen LogP contribution in [-0.2, 0) is 9.53 Å². The molecule has 0 saturated carbocycles. The van der Waals surface area contributed by atoms with Crippen molar-refractivity contribution in [1.29, 1.82) is 5.26 Å². The monoisotopic (exact) mass is 371 g/mol. The fraction of sp³-hybridized carbons (Fsp3) is 0.526. The number of amides is 1. The Kier molecular flexibility index (Phi) is 4.98. The van der Waals surface area contributed by atoms with Crippen LogP contribution >= 0.6 is 0 Å². The zero-order valence-electron chi connectivity index (χ0n) is 16.1. The summed E-state index contributed by atoms with van der Waals surface area (Å²) in [5.41, 5.74) is 0.0574. The minimum absolute atomic E-state index is 0.0809. The first-order valence-electron chi connectivity index (χ1n) is 8.95. The summed E-state index contributed by atoms with van der Waals surface area (Å²) in [6, 6.07) is 1.50. The highest BCUT2D eigenvalue weighted by molar-refractivity contribution is 5.89. The van der Waals surface area contributed by atoms with Crippen LogP contribution in [-0.4, -0.2) is 61.7 Å². The molecule has 0 bridgehead atoms. The van der Waals surface area contributed by atoms with E-state index in [1.165, 1.54) is 4.90 Å². The first-order valence-corrected chi connectivity index (χ1v) is 8.95. The normalized spacial score (nSPS) is 20.4. The van der Waals surface area contributed by atoms with E-state index < -0.39 is 11.6 Å². The van der Waals surface area contributed by atoms with Crippen LogP contribution in [0.15, 0.2) is 4.79 Å². The number of nitrogens with one attached hydrogen (secondary N) is 2. The maximum Gasteiger partial charge on any atom is 0.268 e. The van der Waals surface area contributed by atoms with Crippen molar-refractivity contribution in [3.8, 4) is 6.07 Å². The number of nitrogens with zero attached hydrogens (tertiary/aromatic N) is 3. The number of likely N-dealkylation sites (N-methyl/N-ethyl adjacent to an activating group) is 1. The standard InChI is InChI=1S/C19H25N5O3/c1-19(27-4)5-7-24(8-6-19)16-12-9-14(18(26)23(2)3)21-11-15(12)22-17(25)13(16)10-20/h9,11,14,21H,5-8H2,1-4H3,(H,22,25). The van der Waals surface area contributed by atoms with Crippen molar-refractivity contribution < 1.29 is 9.53 Å². The van der Waals surface area contributed by atoms with Crippen LogP contribution in [0.3, 0.4) is 0 Å². The van der Waals surface area contributed by atoms with Gasteiger partial charge in [-0.15, -0.1) is 0 Å². The molecule has 8 heteroatoms. The van der Waals surface area contributed by atoms with Gasteiger partial charge < -0.3 is 24.8 Å². The molecule has 2 aliphatic rings. The molecule has 2 N–H and O–H groups in total. The molecule has 144 valence electrons. The van der Waals surface area contributed by atoms with Gasteiger partial charge in [-0.05, 0) is 25.8 Å². The summed E-state index contributed by atoms with van der Waals surface area (Å²) in [6.07, 6.45) is 5.00. The van der Waals surface area contributed by atoms with Gasteiger partial charge in [0.25, 0.3) is 5.56 Å². The smallest absolute Gasteiger partial charge is 0.268 e. The Morgan fingerprint density at radius 3 is 2.63 bits per heavy atom. The molecule has 1 fully saturated rings. The first kappa shape index (κ1) is 19.0. The summed E-state index contributed by atoms with van der Waals surface area (Å²) in [4.78, 5) is 31.1. The van der Waals surface area contributed by atoms with E-state index in [0.717, 1.165) is 12.8 Å². The Bertz CT molecular complexity index is 965. The number of hydrogen-bond acceptors (Lipinski definition) is 6. The van der Waals surface area contributed by atoms with Crippen LogP contribution in [0, 0.1) is 11.3 Å². The molecule has 1 atom stereocenters. The molecule has 1 aromatic heterocycles. The van der Waals surface area contributed by atoms with E-state index in [2.05, 4.69) is 22.1 Å². The third-order valence-electron chi connectivity index (χ3n) is 5.45. The van der Waals surface area contributed by atoms with E-state index in [-0.39, 0.29) is 17.1 Å². The fourth-order valence-electron chi connectivity index (χ4n) is 3.55. The summed E-state index contributed by atoms with van der Waals surface area (Å²) >= 11 is 0. The topological polar surface area (TPSA) is 101 Å². The van der Waals surface area contributed by atoms with Gasteiger partial charge >= 0.3 is 0 Å². The predicted octanol–water partition coefficient (Wildman–Crippen LogP) is -1.17. The Balaban J connectivity index is 2.13. The molecular formula is C19H25N5O3. The van der Waals surface area contributed by atoms with Gasteiger partial charge in [0.2, 0.25) is 5.91 Å². The number of aromatic nitrogens is 1. The number of pyridine rings is 1. The number of H-pyrrole nitrogens is 1. The Morgan fingerprint density at radius 2 is 2.07 bits per heavy atom. The molecule has 8 nitrogen and oxygen atoms in total. The number of methoxy groups -OCH3 is 1. The molecule has 1 saturated heterocycles. The summed E-state index contributed by atoms with van der Waals surface area (Å²) < 4.78 is 5.60. The van der Waals surface area contributed by atoms with E-state index >= 15 is 0 Å². The van der Waals surface area contributed by atoms with Crippen molar-refractivity contribution in [2.24, 2.45) is 0 Å². The maximum absolute atomic E-state index is 12.4. The number of hydrogen-bond donors (Lipinski definition) is 2. The predicted molar refractivity (Wildman–Crippen MR) is 102 cm³/mol. The Morgan fingerprint density at radius 1 is 1.41 bits per heavy atom. The van der Waals surface area contributed by atoms with E-state index in [9.17, 15) is 14.9 Å². The van der Waals surface area contributed by atoms with Crippen molar-refractivity contribution in [3.63, 3.8) is 0 Å². The molecule has 0 radical (unpaired) electrons. The average Bonchev–Trinajstić information content (AvgIpc) is 2.66. The lowest BCUT2D eigenvalue weighted by Gasteiger charge is -2.40. The highest BCUT2D eigenvalue weighted by Crippen LogP contribution is 2.27. The molecule has 3 heterocycles. The van der Waals surface area contributed by atoms with Gasteiger partial charge in [-0.25, -0.2) is 0 Å². The number of piperidine rings is 1. The van der Waals surface area contributed by atoms with E-state index in [1.807, 2.05) is 6.07 Å². The zero-order chi connectivity index (χ0) is 19.8. The van der Waals surface area contributed by atoms with Crippen molar-refractivity contribution >= 4 is 23.9 Å². The van der Waals surface area contributed by atoms with Crippen LogP contribution in [0.2, 0.25) is 0 Å². The van der Waals surface area contributed by atoms with Crippen LogP contribution in [0.5, 0.6) is 0 Å². The molecular weight excluding hydrogens is 346 g/mol. The average molecular weight is 371 g/mol. The lowest BCUT2D eigenvalue weighted by molar-refractivity contribution is -0.129. The molecule has 2 aliphatic heterocycles. The minimum Gasteiger partial charge on any atom is -0.378 e. The molecule has 1 aromatic rings. The first-order chi connectivity index (χ1) is 12.8. The molecule has 3 rings (SSSR count). The second kappa shape index (κ2) is 7.08. The van der Waals surface area contributed by atoms with Gasteiger partial charge in [-0.2, -0.15) is 5.26 Å². The van der Waals surface area contributed by atoms with Crippen LogP contribution in [0.4, 0.5) is 5.69 Å². The molecule has 0 spiro atoms. The number of aromatic amines is 1. The summed E-state index contributed by atoms with van der Waals surface area (Å²) in [5.74, 6) is -0.0989. The van der Waals surface area contributed by atoms with Crippen molar-refractivity contribution in [2.45, 2.75) is 31.4 Å².